The highest BCUT2D eigenvalue weighted by Crippen LogP contribution is 2.08. The number of imidazole rings is 1. The summed E-state index contributed by atoms with van der Waals surface area (Å²) in [5.74, 6) is 0.562. The van der Waals surface area contributed by atoms with Crippen molar-refractivity contribution >= 4 is 11.7 Å². The van der Waals surface area contributed by atoms with Crippen LogP contribution in [0.15, 0.2) is 6.20 Å². The van der Waals surface area contributed by atoms with Crippen molar-refractivity contribution in [2.24, 2.45) is 5.73 Å². The number of aromatic amines is 1. The lowest BCUT2D eigenvalue weighted by Crippen LogP contribution is -2.09. The number of hydrogen-bond donors (Lipinski definition) is 3. The summed E-state index contributed by atoms with van der Waals surface area (Å²) in [5, 5.41) is 17.2. The van der Waals surface area contributed by atoms with Gasteiger partial charge in [-0.3, -0.25) is 5.41 Å². The van der Waals surface area contributed by atoms with Crippen LogP contribution in [0.2, 0.25) is 0 Å². The van der Waals surface area contributed by atoms with Gasteiger partial charge in [0.25, 0.3) is 0 Å². The van der Waals surface area contributed by atoms with Crippen molar-refractivity contribution in [2.75, 3.05) is 0 Å². The summed E-state index contributed by atoms with van der Waals surface area (Å²) in [7, 11) is 0. The van der Waals surface area contributed by atoms with Gasteiger partial charge < -0.3 is 15.8 Å². The number of nitrogens with two attached hydrogens (primary N) is 1. The van der Waals surface area contributed by atoms with Crippen molar-refractivity contribution in [3.05, 3.63) is 22.1 Å². The van der Waals surface area contributed by atoms with Gasteiger partial charge in [-0.05, 0) is 11.3 Å². The molecular formula is C7H11N5O2. The van der Waals surface area contributed by atoms with Gasteiger partial charge in [0.15, 0.2) is 5.82 Å². The molecule has 0 aromatic carbocycles. The van der Waals surface area contributed by atoms with E-state index in [0.717, 1.165) is 0 Å². The summed E-state index contributed by atoms with van der Waals surface area (Å²) in [4.78, 5) is 16.1. The van der Waals surface area contributed by atoms with Crippen molar-refractivity contribution in [1.29, 1.82) is 5.41 Å². The van der Waals surface area contributed by atoms with E-state index in [1.165, 1.54) is 6.20 Å². The number of nitro groups is 1. The van der Waals surface area contributed by atoms with Gasteiger partial charge in [0, 0.05) is 12.8 Å². The Bertz CT molecular complexity index is 346. The van der Waals surface area contributed by atoms with Crippen LogP contribution in [0.3, 0.4) is 0 Å². The van der Waals surface area contributed by atoms with Gasteiger partial charge in [-0.2, -0.15) is 0 Å². The van der Waals surface area contributed by atoms with Crippen molar-refractivity contribution in [2.45, 2.75) is 19.3 Å². The molecule has 7 heteroatoms. The summed E-state index contributed by atoms with van der Waals surface area (Å²) in [6.07, 6.45) is 2.89. The average Bonchev–Trinajstić information content (AvgIpc) is 2.52. The monoisotopic (exact) mass is 197 g/mol. The Kier molecular flexibility index (Phi) is 3.16. The average molecular weight is 197 g/mol. The fourth-order valence-electron chi connectivity index (χ4n) is 1.02. The van der Waals surface area contributed by atoms with E-state index in [0.29, 0.717) is 25.1 Å². The first-order valence-electron chi connectivity index (χ1n) is 4.11. The normalized spacial score (nSPS) is 10.0. The van der Waals surface area contributed by atoms with E-state index in [4.69, 9.17) is 11.1 Å². The van der Waals surface area contributed by atoms with Crippen molar-refractivity contribution < 1.29 is 4.92 Å². The maximum Gasteiger partial charge on any atom is 0.340 e. The third-order valence-electron chi connectivity index (χ3n) is 1.67. The van der Waals surface area contributed by atoms with Gasteiger partial charge in [-0.25, -0.2) is 9.97 Å². The number of aryl methyl sites for hydroxylation is 1. The molecule has 1 aromatic rings. The number of nitrogens with one attached hydrogen (secondary N) is 2. The van der Waals surface area contributed by atoms with Crippen molar-refractivity contribution in [3.63, 3.8) is 0 Å². The van der Waals surface area contributed by atoms with Gasteiger partial charge in [0.05, 0.1) is 5.84 Å². The largest absolute Gasteiger partial charge is 0.388 e. The second-order valence-electron chi connectivity index (χ2n) is 2.85. The molecule has 0 aliphatic rings. The van der Waals surface area contributed by atoms with E-state index < -0.39 is 4.92 Å². The molecule has 0 radical (unpaired) electrons. The maximum atomic E-state index is 10.3. The molecule has 0 fully saturated rings. The lowest BCUT2D eigenvalue weighted by Gasteiger charge is -1.93. The molecule has 0 saturated carbocycles. The van der Waals surface area contributed by atoms with Crippen LogP contribution in [-0.2, 0) is 6.42 Å². The van der Waals surface area contributed by atoms with Crippen LogP contribution < -0.4 is 5.73 Å². The smallest absolute Gasteiger partial charge is 0.340 e. The van der Waals surface area contributed by atoms with E-state index in [9.17, 15) is 10.1 Å². The predicted octanol–water partition coefficient (Wildman–Crippen LogP) is 0.577. The van der Waals surface area contributed by atoms with Crippen LogP contribution in [0.1, 0.15) is 18.7 Å². The molecule has 0 bridgehead atoms. The van der Waals surface area contributed by atoms with E-state index in [1.807, 2.05) is 0 Å². The van der Waals surface area contributed by atoms with Gasteiger partial charge >= 0.3 is 5.82 Å². The summed E-state index contributed by atoms with van der Waals surface area (Å²) < 4.78 is 0. The SMILES string of the molecule is N=C(N)CCCc1ncc([N+](=O)[O-])[nH]1. The molecule has 1 heterocycles. The molecule has 1 aromatic heterocycles. The van der Waals surface area contributed by atoms with E-state index in [1.54, 1.807) is 0 Å². The molecule has 0 atom stereocenters. The van der Waals surface area contributed by atoms with E-state index in [-0.39, 0.29) is 11.7 Å². The highest BCUT2D eigenvalue weighted by Gasteiger charge is 2.09. The molecule has 4 N–H and O–H groups in total. The molecule has 76 valence electrons. The lowest BCUT2D eigenvalue weighted by molar-refractivity contribution is -0.389. The number of aromatic nitrogens is 2. The van der Waals surface area contributed by atoms with Gasteiger partial charge in [0.2, 0.25) is 0 Å². The number of amidine groups is 1. The van der Waals surface area contributed by atoms with Crippen LogP contribution in [0.25, 0.3) is 0 Å². The Labute approximate surface area is 80.0 Å². The fraction of sp³-hybridized carbons (Fsp3) is 0.429. The molecule has 7 nitrogen and oxygen atoms in total. The number of rotatable bonds is 5. The van der Waals surface area contributed by atoms with Crippen LogP contribution in [0.4, 0.5) is 5.82 Å². The second-order valence-corrected chi connectivity index (χ2v) is 2.85. The standard InChI is InChI=1S/C7H11N5O2/c8-5(9)2-1-3-6-10-4-7(11-6)12(13)14/h4H,1-3H2,(H3,8,9)(H,10,11). The zero-order valence-corrected chi connectivity index (χ0v) is 7.49. The molecule has 0 aliphatic heterocycles. The molecule has 0 amide bonds. The van der Waals surface area contributed by atoms with Crippen LogP contribution >= 0.6 is 0 Å². The minimum Gasteiger partial charge on any atom is -0.388 e. The molecular weight excluding hydrogens is 186 g/mol. The van der Waals surface area contributed by atoms with Crippen LogP contribution in [0, 0.1) is 15.5 Å². The summed E-state index contributed by atoms with van der Waals surface area (Å²) in [5.41, 5.74) is 5.15. The number of nitrogens with zero attached hydrogens (tertiary/aromatic N) is 2. The Balaban J connectivity index is 2.44. The van der Waals surface area contributed by atoms with Crippen LogP contribution in [0.5, 0.6) is 0 Å². The lowest BCUT2D eigenvalue weighted by atomic mass is 10.2. The molecule has 0 unspecified atom stereocenters. The summed E-state index contributed by atoms with van der Waals surface area (Å²) >= 11 is 0. The first kappa shape index (κ1) is 10.2. The number of H-pyrrole nitrogens is 1. The summed E-state index contributed by atoms with van der Waals surface area (Å²) in [6.45, 7) is 0. The Morgan fingerprint density at radius 3 is 3.00 bits per heavy atom. The molecule has 0 saturated heterocycles. The van der Waals surface area contributed by atoms with Gasteiger partial charge in [0.1, 0.15) is 6.20 Å². The molecule has 0 spiro atoms. The first-order valence-corrected chi connectivity index (χ1v) is 4.11. The zero-order chi connectivity index (χ0) is 10.6. The molecule has 1 rings (SSSR count). The summed E-state index contributed by atoms with van der Waals surface area (Å²) in [6, 6.07) is 0. The van der Waals surface area contributed by atoms with Gasteiger partial charge in [-0.1, -0.05) is 0 Å². The van der Waals surface area contributed by atoms with E-state index in [2.05, 4.69) is 9.97 Å². The first-order chi connectivity index (χ1) is 6.59. The van der Waals surface area contributed by atoms with Gasteiger partial charge in [-0.15, -0.1) is 0 Å². The fourth-order valence-corrected chi connectivity index (χ4v) is 1.02. The van der Waals surface area contributed by atoms with E-state index >= 15 is 0 Å². The number of hydrogen-bond acceptors (Lipinski definition) is 4. The minimum atomic E-state index is -0.526. The Morgan fingerprint density at radius 1 is 1.79 bits per heavy atom. The quantitative estimate of drug-likeness (QED) is 0.276. The topological polar surface area (TPSA) is 122 Å². The highest BCUT2D eigenvalue weighted by atomic mass is 16.6. The molecule has 14 heavy (non-hydrogen) atoms. The van der Waals surface area contributed by atoms with Crippen LogP contribution in [-0.4, -0.2) is 20.7 Å². The predicted molar refractivity (Wildman–Crippen MR) is 50.1 cm³/mol. The van der Waals surface area contributed by atoms with Crippen molar-refractivity contribution in [1.82, 2.24) is 9.97 Å². The maximum absolute atomic E-state index is 10.3. The molecule has 0 aliphatic carbocycles. The second kappa shape index (κ2) is 4.35. The zero-order valence-electron chi connectivity index (χ0n) is 7.49. The highest BCUT2D eigenvalue weighted by molar-refractivity contribution is 5.76. The Hall–Kier alpha value is -1.92. The third kappa shape index (κ3) is 2.85. The van der Waals surface area contributed by atoms with Crippen molar-refractivity contribution in [3.8, 4) is 0 Å². The third-order valence-corrected chi connectivity index (χ3v) is 1.67. The minimum absolute atomic E-state index is 0.108. The Morgan fingerprint density at radius 2 is 2.50 bits per heavy atom.